The minimum atomic E-state index is -0.0284. The fourth-order valence-corrected chi connectivity index (χ4v) is 2.02. The molecule has 0 aliphatic heterocycles. The average molecular weight is 240 g/mol. The van der Waals surface area contributed by atoms with Crippen LogP contribution >= 0.6 is 0 Å². The van der Waals surface area contributed by atoms with E-state index in [2.05, 4.69) is 37.7 Å². The van der Waals surface area contributed by atoms with Crippen LogP contribution in [0.15, 0.2) is 16.5 Å². The summed E-state index contributed by atoms with van der Waals surface area (Å²) in [5, 5.41) is 8.96. The number of aliphatic hydroxyl groups is 1. The predicted molar refractivity (Wildman–Crippen MR) is 68.7 cm³/mol. The molecule has 1 rings (SSSR count). The van der Waals surface area contributed by atoms with E-state index in [0.717, 1.165) is 25.4 Å². The maximum Gasteiger partial charge on any atom is 0.129 e. The molecule has 0 bridgehead atoms. The van der Waals surface area contributed by atoms with Crippen molar-refractivity contribution in [2.24, 2.45) is 0 Å². The van der Waals surface area contributed by atoms with E-state index in [1.807, 2.05) is 12.1 Å². The normalized spacial score (nSPS) is 13.6. The van der Waals surface area contributed by atoms with Gasteiger partial charge in [0.2, 0.25) is 0 Å². The summed E-state index contributed by atoms with van der Waals surface area (Å²) in [6.45, 7) is 7.16. The van der Waals surface area contributed by atoms with Gasteiger partial charge in [-0.1, -0.05) is 6.92 Å². The maximum absolute atomic E-state index is 8.96. The molecule has 1 atom stereocenters. The molecule has 1 N–H and O–H groups in total. The fourth-order valence-electron chi connectivity index (χ4n) is 2.02. The lowest BCUT2D eigenvalue weighted by molar-refractivity contribution is 0.159. The number of likely N-dealkylation sites (N-methyl/N-ethyl adjacent to an activating group) is 2. The van der Waals surface area contributed by atoms with E-state index in [1.54, 1.807) is 0 Å². The molecule has 0 fully saturated rings. The van der Waals surface area contributed by atoms with Gasteiger partial charge < -0.3 is 14.4 Å². The smallest absolute Gasteiger partial charge is 0.129 e. The summed E-state index contributed by atoms with van der Waals surface area (Å²) in [6.07, 6.45) is 0. The Kier molecular flexibility index (Phi) is 5.68. The first-order valence-corrected chi connectivity index (χ1v) is 6.14. The van der Waals surface area contributed by atoms with Gasteiger partial charge in [0.05, 0.1) is 6.54 Å². The zero-order valence-corrected chi connectivity index (χ0v) is 11.3. The molecular formula is C13H24N2O2. The number of aliphatic hydroxyl groups excluding tert-OH is 1. The van der Waals surface area contributed by atoms with Crippen LogP contribution < -0.4 is 0 Å². The lowest BCUT2D eigenvalue weighted by Crippen LogP contribution is -2.39. The van der Waals surface area contributed by atoms with E-state index in [1.165, 1.54) is 0 Å². The molecule has 1 aromatic heterocycles. The summed E-state index contributed by atoms with van der Waals surface area (Å²) in [7, 11) is 4.17. The summed E-state index contributed by atoms with van der Waals surface area (Å²) in [5.74, 6) is 1.55. The summed E-state index contributed by atoms with van der Waals surface area (Å²) in [4.78, 5) is 4.55. The number of furan rings is 1. The van der Waals surface area contributed by atoms with Gasteiger partial charge in [-0.3, -0.25) is 4.90 Å². The molecule has 0 saturated carbocycles. The molecule has 0 saturated heterocycles. The van der Waals surface area contributed by atoms with Gasteiger partial charge in [0.1, 0.15) is 18.1 Å². The standard InChI is InChI=1S/C13H24N2O2/c1-5-15(11(2)8-14(3)4)9-12-6-7-13(10-16)17-12/h6-7,11,16H,5,8-10H2,1-4H3. The van der Waals surface area contributed by atoms with Gasteiger partial charge >= 0.3 is 0 Å². The molecule has 0 aliphatic carbocycles. The van der Waals surface area contributed by atoms with E-state index >= 15 is 0 Å². The zero-order valence-electron chi connectivity index (χ0n) is 11.3. The molecule has 17 heavy (non-hydrogen) atoms. The third-order valence-electron chi connectivity index (χ3n) is 2.89. The van der Waals surface area contributed by atoms with Gasteiger partial charge in [-0.25, -0.2) is 0 Å². The van der Waals surface area contributed by atoms with Crippen molar-refractivity contribution in [3.63, 3.8) is 0 Å². The molecule has 98 valence electrons. The third kappa shape index (κ3) is 4.50. The van der Waals surface area contributed by atoms with Crippen molar-refractivity contribution in [2.75, 3.05) is 27.2 Å². The van der Waals surface area contributed by atoms with E-state index < -0.39 is 0 Å². The van der Waals surface area contributed by atoms with E-state index in [9.17, 15) is 0 Å². The van der Waals surface area contributed by atoms with Crippen molar-refractivity contribution in [3.8, 4) is 0 Å². The lowest BCUT2D eigenvalue weighted by Gasteiger charge is -2.29. The molecule has 1 aromatic rings. The van der Waals surface area contributed by atoms with Gasteiger partial charge in [-0.2, -0.15) is 0 Å². The molecular weight excluding hydrogens is 216 g/mol. The van der Waals surface area contributed by atoms with Crippen LogP contribution in [0.4, 0.5) is 0 Å². The Bertz CT molecular complexity index is 323. The third-order valence-corrected chi connectivity index (χ3v) is 2.89. The quantitative estimate of drug-likeness (QED) is 0.785. The van der Waals surface area contributed by atoms with Crippen molar-refractivity contribution in [2.45, 2.75) is 33.0 Å². The topological polar surface area (TPSA) is 39.9 Å². The van der Waals surface area contributed by atoms with E-state index in [0.29, 0.717) is 11.8 Å². The molecule has 0 spiro atoms. The van der Waals surface area contributed by atoms with Crippen molar-refractivity contribution >= 4 is 0 Å². The highest BCUT2D eigenvalue weighted by atomic mass is 16.4. The van der Waals surface area contributed by atoms with Crippen molar-refractivity contribution in [1.82, 2.24) is 9.80 Å². The Morgan fingerprint density at radius 1 is 1.29 bits per heavy atom. The second-order valence-corrected chi connectivity index (χ2v) is 4.70. The van der Waals surface area contributed by atoms with Crippen LogP contribution in [-0.4, -0.2) is 48.1 Å². The summed E-state index contributed by atoms with van der Waals surface area (Å²) >= 11 is 0. The molecule has 1 unspecified atom stereocenters. The van der Waals surface area contributed by atoms with Gasteiger partial charge in [-0.15, -0.1) is 0 Å². The van der Waals surface area contributed by atoms with Crippen LogP contribution in [0.2, 0.25) is 0 Å². The second kappa shape index (κ2) is 6.79. The molecule has 4 heteroatoms. The summed E-state index contributed by atoms with van der Waals surface area (Å²) < 4.78 is 5.51. The predicted octanol–water partition coefficient (Wildman–Crippen LogP) is 1.54. The Hall–Kier alpha value is -0.840. The van der Waals surface area contributed by atoms with Crippen LogP contribution in [0.5, 0.6) is 0 Å². The van der Waals surface area contributed by atoms with Crippen LogP contribution in [-0.2, 0) is 13.2 Å². The zero-order chi connectivity index (χ0) is 12.8. The Balaban J connectivity index is 2.56. The first kappa shape index (κ1) is 14.2. The molecule has 0 radical (unpaired) electrons. The highest BCUT2D eigenvalue weighted by Crippen LogP contribution is 2.12. The van der Waals surface area contributed by atoms with Gasteiger partial charge in [-0.05, 0) is 39.7 Å². The van der Waals surface area contributed by atoms with Gasteiger partial charge in [0, 0.05) is 12.6 Å². The Morgan fingerprint density at radius 2 is 1.94 bits per heavy atom. The Labute approximate surface area is 104 Å². The lowest BCUT2D eigenvalue weighted by atomic mass is 10.2. The largest absolute Gasteiger partial charge is 0.462 e. The maximum atomic E-state index is 8.96. The fraction of sp³-hybridized carbons (Fsp3) is 0.692. The van der Waals surface area contributed by atoms with Crippen LogP contribution in [0.25, 0.3) is 0 Å². The van der Waals surface area contributed by atoms with Crippen LogP contribution in [0.3, 0.4) is 0 Å². The molecule has 0 aromatic carbocycles. The minimum Gasteiger partial charge on any atom is -0.462 e. The van der Waals surface area contributed by atoms with Crippen LogP contribution in [0, 0.1) is 0 Å². The van der Waals surface area contributed by atoms with Crippen molar-refractivity contribution < 1.29 is 9.52 Å². The molecule has 4 nitrogen and oxygen atoms in total. The minimum absolute atomic E-state index is 0.0284. The van der Waals surface area contributed by atoms with Crippen molar-refractivity contribution in [1.29, 1.82) is 0 Å². The number of hydrogen-bond acceptors (Lipinski definition) is 4. The summed E-state index contributed by atoms with van der Waals surface area (Å²) in [5.41, 5.74) is 0. The molecule has 0 amide bonds. The Morgan fingerprint density at radius 3 is 2.41 bits per heavy atom. The van der Waals surface area contributed by atoms with E-state index in [-0.39, 0.29) is 6.61 Å². The molecule has 1 heterocycles. The second-order valence-electron chi connectivity index (χ2n) is 4.70. The first-order chi connectivity index (χ1) is 8.06. The SMILES string of the molecule is CCN(Cc1ccc(CO)o1)C(C)CN(C)C. The number of hydrogen-bond donors (Lipinski definition) is 1. The number of nitrogens with zero attached hydrogens (tertiary/aromatic N) is 2. The van der Waals surface area contributed by atoms with Crippen molar-refractivity contribution in [3.05, 3.63) is 23.7 Å². The monoisotopic (exact) mass is 240 g/mol. The summed E-state index contributed by atoms with van der Waals surface area (Å²) in [6, 6.07) is 4.26. The van der Waals surface area contributed by atoms with Crippen LogP contribution in [0.1, 0.15) is 25.4 Å². The average Bonchev–Trinajstić information content (AvgIpc) is 2.72. The highest BCUT2D eigenvalue weighted by Gasteiger charge is 2.14. The van der Waals surface area contributed by atoms with Gasteiger partial charge in [0.25, 0.3) is 0 Å². The first-order valence-electron chi connectivity index (χ1n) is 6.14. The molecule has 0 aliphatic rings. The van der Waals surface area contributed by atoms with Gasteiger partial charge in [0.15, 0.2) is 0 Å². The van der Waals surface area contributed by atoms with E-state index in [4.69, 9.17) is 9.52 Å². The highest BCUT2D eigenvalue weighted by molar-refractivity contribution is 5.06. The number of rotatable bonds is 7.